The number of ether oxygens (including phenoxy) is 3. The fourth-order valence-electron chi connectivity index (χ4n) is 7.39. The topological polar surface area (TPSA) is 78.9 Å². The molecule has 0 aliphatic heterocycles. The molecule has 6 nitrogen and oxygen atoms in total. The van der Waals surface area contributed by atoms with Crippen molar-refractivity contribution in [3.63, 3.8) is 0 Å². The molecule has 75 heavy (non-hydrogen) atoms. The van der Waals surface area contributed by atoms with E-state index in [1.54, 1.807) is 0 Å². The molecule has 0 fully saturated rings. The summed E-state index contributed by atoms with van der Waals surface area (Å²) in [5, 5.41) is 0. The van der Waals surface area contributed by atoms with Crippen LogP contribution in [0.25, 0.3) is 0 Å². The lowest BCUT2D eigenvalue weighted by Crippen LogP contribution is -2.30. The fourth-order valence-corrected chi connectivity index (χ4v) is 7.39. The average molecular weight is 1030 g/mol. The third-order valence-corrected chi connectivity index (χ3v) is 11.7. The highest BCUT2D eigenvalue weighted by molar-refractivity contribution is 5.71. The second-order valence-corrected chi connectivity index (χ2v) is 18.8. The van der Waals surface area contributed by atoms with E-state index in [-0.39, 0.29) is 38.0 Å². The lowest BCUT2D eigenvalue weighted by Gasteiger charge is -2.18. The molecule has 418 valence electrons. The number of carbonyl (C=O) groups is 3. The van der Waals surface area contributed by atoms with Gasteiger partial charge in [-0.2, -0.15) is 0 Å². The SMILES string of the molecule is CC/C=C\C/C=C\C/C=C\C/C=C\C/C=C\C/C=C\CCC(=O)OC(COC(=O)CCCC/C=C\C/C=C\C/C=C\C/C=C\CC)COC(=O)CCCCCCCCCCCC/C=C\C/C=C\C/C=C\C/C=C\CC. The largest absolute Gasteiger partial charge is 0.462 e. The van der Waals surface area contributed by atoms with Crippen LogP contribution in [0.5, 0.6) is 0 Å². The Balaban J connectivity index is 4.55. The Bertz CT molecular complexity index is 1750. The molecule has 0 heterocycles. The molecule has 0 aromatic heterocycles. The number of carbonyl (C=O) groups excluding carboxylic acids is 3. The van der Waals surface area contributed by atoms with Gasteiger partial charge in [-0.25, -0.2) is 0 Å². The molecule has 0 aromatic rings. The molecule has 0 saturated carbocycles. The van der Waals surface area contributed by atoms with Crippen molar-refractivity contribution in [2.45, 2.75) is 232 Å². The van der Waals surface area contributed by atoms with Crippen LogP contribution in [0.2, 0.25) is 0 Å². The Morgan fingerprint density at radius 2 is 0.507 bits per heavy atom. The Morgan fingerprint density at radius 3 is 0.827 bits per heavy atom. The van der Waals surface area contributed by atoms with Crippen LogP contribution in [-0.4, -0.2) is 37.2 Å². The van der Waals surface area contributed by atoms with Gasteiger partial charge in [0.25, 0.3) is 0 Å². The standard InChI is InChI=1S/C69H106O6/c1-4-7-10-13-16-19-22-25-28-30-32-33-34-35-37-38-41-44-47-50-53-56-59-62-68(71)74-65-66(64-73-67(70)61-58-55-52-49-46-43-40-27-24-21-18-15-12-9-6-3)75-69(72)63-60-57-54-51-48-45-42-39-36-31-29-26-23-20-17-14-11-8-5-2/h7-12,16-21,25-29,32-33,36,39-40,45-46,48-49,54,57,66H,4-6,13-15,22-24,30-31,34-35,37-38,41-44,47,50-53,55-56,58-65H2,1-3H3/b10-7-,11-8-,12-9-,19-16-,20-17-,21-18-,28-25-,29-26-,33-32-,39-36-,40-27-,48-45-,49-46-,57-54-. The first-order valence-electron chi connectivity index (χ1n) is 29.6. The molecular formula is C69H106O6. The second kappa shape index (κ2) is 61.3. The first kappa shape index (κ1) is 69.8. The van der Waals surface area contributed by atoms with Crippen molar-refractivity contribution in [1.29, 1.82) is 0 Å². The van der Waals surface area contributed by atoms with Crippen LogP contribution in [0.4, 0.5) is 0 Å². The summed E-state index contributed by atoms with van der Waals surface area (Å²) in [5.74, 6) is -1.07. The van der Waals surface area contributed by atoms with Gasteiger partial charge in [-0.1, -0.05) is 242 Å². The maximum absolute atomic E-state index is 12.8. The van der Waals surface area contributed by atoms with Crippen LogP contribution in [0.1, 0.15) is 226 Å². The zero-order chi connectivity index (χ0) is 54.3. The second-order valence-electron chi connectivity index (χ2n) is 18.8. The van der Waals surface area contributed by atoms with Gasteiger partial charge in [0, 0.05) is 19.3 Å². The van der Waals surface area contributed by atoms with Crippen molar-refractivity contribution in [3.8, 4) is 0 Å². The lowest BCUT2D eigenvalue weighted by molar-refractivity contribution is -0.166. The smallest absolute Gasteiger partial charge is 0.306 e. The predicted octanol–water partition coefficient (Wildman–Crippen LogP) is 20.3. The summed E-state index contributed by atoms with van der Waals surface area (Å²) >= 11 is 0. The normalized spacial score (nSPS) is 13.4. The summed E-state index contributed by atoms with van der Waals surface area (Å²) in [7, 11) is 0. The van der Waals surface area contributed by atoms with E-state index in [1.165, 1.54) is 51.4 Å². The number of unbranched alkanes of at least 4 members (excludes halogenated alkanes) is 12. The van der Waals surface area contributed by atoms with Gasteiger partial charge in [0.05, 0.1) is 0 Å². The Labute approximate surface area is 460 Å². The summed E-state index contributed by atoms with van der Waals surface area (Å²) < 4.78 is 16.8. The molecule has 0 aliphatic carbocycles. The van der Waals surface area contributed by atoms with Crippen molar-refractivity contribution >= 4 is 17.9 Å². The maximum atomic E-state index is 12.8. The first-order valence-corrected chi connectivity index (χ1v) is 29.6. The van der Waals surface area contributed by atoms with E-state index in [0.717, 1.165) is 122 Å². The van der Waals surface area contributed by atoms with Crippen molar-refractivity contribution in [3.05, 3.63) is 170 Å². The summed E-state index contributed by atoms with van der Waals surface area (Å²) in [6, 6.07) is 0. The zero-order valence-electron chi connectivity index (χ0n) is 47.7. The molecule has 0 aliphatic rings. The zero-order valence-corrected chi connectivity index (χ0v) is 47.7. The minimum atomic E-state index is -0.847. The van der Waals surface area contributed by atoms with E-state index in [0.29, 0.717) is 19.3 Å². The van der Waals surface area contributed by atoms with Gasteiger partial charge >= 0.3 is 17.9 Å². The van der Waals surface area contributed by atoms with Gasteiger partial charge in [-0.05, 0) is 135 Å². The van der Waals surface area contributed by atoms with Crippen LogP contribution in [0, 0.1) is 0 Å². The highest BCUT2D eigenvalue weighted by atomic mass is 16.6. The summed E-state index contributed by atoms with van der Waals surface area (Å²) in [6.45, 7) is 6.18. The molecule has 1 unspecified atom stereocenters. The van der Waals surface area contributed by atoms with Crippen LogP contribution in [0.3, 0.4) is 0 Å². The average Bonchev–Trinajstić information content (AvgIpc) is 3.41. The number of esters is 3. The highest BCUT2D eigenvalue weighted by Crippen LogP contribution is 2.14. The van der Waals surface area contributed by atoms with Crippen LogP contribution in [-0.2, 0) is 28.6 Å². The van der Waals surface area contributed by atoms with Gasteiger partial charge in [0.1, 0.15) is 13.2 Å². The van der Waals surface area contributed by atoms with Crippen LogP contribution < -0.4 is 0 Å². The van der Waals surface area contributed by atoms with Gasteiger partial charge in [0.15, 0.2) is 6.10 Å². The number of rotatable bonds is 51. The van der Waals surface area contributed by atoms with E-state index >= 15 is 0 Å². The number of hydrogen-bond donors (Lipinski definition) is 0. The van der Waals surface area contributed by atoms with E-state index in [1.807, 2.05) is 12.2 Å². The maximum Gasteiger partial charge on any atom is 0.306 e. The summed E-state index contributed by atoms with van der Waals surface area (Å²) in [4.78, 5) is 38.2. The van der Waals surface area contributed by atoms with Gasteiger partial charge < -0.3 is 14.2 Å². The number of allylic oxidation sites excluding steroid dienone is 28. The molecule has 1 atom stereocenters. The lowest BCUT2D eigenvalue weighted by atomic mass is 10.1. The van der Waals surface area contributed by atoms with Gasteiger partial charge in [-0.15, -0.1) is 0 Å². The predicted molar refractivity (Wildman–Crippen MR) is 325 cm³/mol. The number of hydrogen-bond acceptors (Lipinski definition) is 6. The van der Waals surface area contributed by atoms with Crippen molar-refractivity contribution in [2.75, 3.05) is 13.2 Å². The monoisotopic (exact) mass is 1030 g/mol. The molecule has 0 N–H and O–H groups in total. The fraction of sp³-hybridized carbons (Fsp3) is 0.551. The minimum absolute atomic E-state index is 0.132. The van der Waals surface area contributed by atoms with Crippen molar-refractivity contribution in [2.24, 2.45) is 0 Å². The van der Waals surface area contributed by atoms with E-state index in [4.69, 9.17) is 14.2 Å². The Morgan fingerprint density at radius 1 is 0.267 bits per heavy atom. The van der Waals surface area contributed by atoms with E-state index in [2.05, 4.69) is 179 Å². The minimum Gasteiger partial charge on any atom is -0.462 e. The quantitative estimate of drug-likeness (QED) is 0.0261. The molecular weight excluding hydrogens is 925 g/mol. The van der Waals surface area contributed by atoms with Crippen LogP contribution >= 0.6 is 0 Å². The van der Waals surface area contributed by atoms with Gasteiger partial charge in [0.2, 0.25) is 0 Å². The third-order valence-electron chi connectivity index (χ3n) is 11.7. The first-order chi connectivity index (χ1) is 37.0. The molecule has 0 rings (SSSR count). The van der Waals surface area contributed by atoms with E-state index < -0.39 is 12.1 Å². The van der Waals surface area contributed by atoms with Crippen LogP contribution in [0.15, 0.2) is 170 Å². The molecule has 0 spiro atoms. The molecule has 0 radical (unpaired) electrons. The van der Waals surface area contributed by atoms with E-state index in [9.17, 15) is 14.4 Å². The molecule has 0 bridgehead atoms. The summed E-state index contributed by atoms with van der Waals surface area (Å²) in [6.07, 6.45) is 90.8. The van der Waals surface area contributed by atoms with Crippen molar-refractivity contribution < 1.29 is 28.6 Å². The molecule has 0 amide bonds. The molecule has 0 aromatic carbocycles. The highest BCUT2D eigenvalue weighted by Gasteiger charge is 2.19. The molecule has 0 saturated heterocycles. The molecule has 6 heteroatoms. The Hall–Kier alpha value is -5.23. The van der Waals surface area contributed by atoms with Crippen molar-refractivity contribution in [1.82, 2.24) is 0 Å². The van der Waals surface area contributed by atoms with Gasteiger partial charge in [-0.3, -0.25) is 14.4 Å². The summed E-state index contributed by atoms with van der Waals surface area (Å²) in [5.41, 5.74) is 0. The Kier molecular flexibility index (Phi) is 57.0. The third kappa shape index (κ3) is 59.5.